The molecule has 20 heavy (non-hydrogen) atoms. The summed E-state index contributed by atoms with van der Waals surface area (Å²) < 4.78 is 24.1. The molecule has 1 aromatic rings. The van der Waals surface area contributed by atoms with Gasteiger partial charge in [0.15, 0.2) is 9.84 Å². The van der Waals surface area contributed by atoms with Crippen LogP contribution in [0.3, 0.4) is 0 Å². The van der Waals surface area contributed by atoms with Crippen LogP contribution in [0.15, 0.2) is 10.8 Å². The Morgan fingerprint density at radius 1 is 1.35 bits per heavy atom. The van der Waals surface area contributed by atoms with Crippen molar-refractivity contribution < 1.29 is 8.42 Å². The van der Waals surface area contributed by atoms with Gasteiger partial charge in [0, 0.05) is 19.6 Å². The minimum absolute atomic E-state index is 0.182. The van der Waals surface area contributed by atoms with Crippen LogP contribution in [0, 0.1) is 0 Å². The van der Waals surface area contributed by atoms with Crippen molar-refractivity contribution in [1.82, 2.24) is 9.97 Å². The van der Waals surface area contributed by atoms with Gasteiger partial charge in [0.05, 0.1) is 11.5 Å². The fourth-order valence-electron chi connectivity index (χ4n) is 2.10. The molecular formula is C12H19BrN4O2S. The van der Waals surface area contributed by atoms with Crippen molar-refractivity contribution in [2.75, 3.05) is 41.4 Å². The van der Waals surface area contributed by atoms with Crippen molar-refractivity contribution in [2.24, 2.45) is 0 Å². The lowest BCUT2D eigenvalue weighted by Crippen LogP contribution is -2.28. The largest absolute Gasteiger partial charge is 0.369 e. The summed E-state index contributed by atoms with van der Waals surface area (Å²) in [7, 11) is -2.91. The van der Waals surface area contributed by atoms with E-state index in [1.165, 1.54) is 6.33 Å². The zero-order chi connectivity index (χ0) is 14.6. The standard InChI is InChI=1S/C12H19BrN4O2S/c1-2-4-14-11-10(13)12(16-9-15-11)17-5-3-7-20(18,19)8-6-17/h9H,2-8H2,1H3,(H,14,15,16). The summed E-state index contributed by atoms with van der Waals surface area (Å²) >= 11 is 3.52. The number of halogens is 1. The summed E-state index contributed by atoms with van der Waals surface area (Å²) in [6, 6.07) is 0. The molecule has 1 aliphatic heterocycles. The molecule has 1 aromatic heterocycles. The van der Waals surface area contributed by atoms with Crippen LogP contribution in [-0.4, -0.2) is 49.5 Å². The van der Waals surface area contributed by atoms with Crippen LogP contribution < -0.4 is 10.2 Å². The molecule has 112 valence electrons. The molecule has 0 radical (unpaired) electrons. The molecule has 0 bridgehead atoms. The van der Waals surface area contributed by atoms with Crippen molar-refractivity contribution >= 4 is 37.4 Å². The molecule has 8 heteroatoms. The smallest absolute Gasteiger partial charge is 0.152 e. The molecule has 1 N–H and O–H groups in total. The Bertz CT molecular complexity index is 565. The van der Waals surface area contributed by atoms with Crippen LogP contribution >= 0.6 is 15.9 Å². The molecule has 0 saturated carbocycles. The predicted molar refractivity (Wildman–Crippen MR) is 84.0 cm³/mol. The third kappa shape index (κ3) is 3.82. The van der Waals surface area contributed by atoms with Gasteiger partial charge in [-0.15, -0.1) is 0 Å². The summed E-state index contributed by atoms with van der Waals surface area (Å²) in [6.45, 7) is 4.10. The third-order valence-electron chi connectivity index (χ3n) is 3.17. The van der Waals surface area contributed by atoms with Crippen molar-refractivity contribution in [1.29, 1.82) is 0 Å². The Kier molecular flexibility index (Phi) is 5.20. The highest BCUT2D eigenvalue weighted by molar-refractivity contribution is 9.10. The first-order valence-corrected chi connectivity index (χ1v) is 9.34. The maximum Gasteiger partial charge on any atom is 0.152 e. The van der Waals surface area contributed by atoms with Crippen LogP contribution in [-0.2, 0) is 9.84 Å². The molecule has 0 aromatic carbocycles. The van der Waals surface area contributed by atoms with Gasteiger partial charge in [-0.3, -0.25) is 0 Å². The van der Waals surface area contributed by atoms with E-state index in [-0.39, 0.29) is 11.5 Å². The monoisotopic (exact) mass is 362 g/mol. The fourth-order valence-corrected chi connectivity index (χ4v) is 3.97. The lowest BCUT2D eigenvalue weighted by atomic mass is 10.3. The van der Waals surface area contributed by atoms with E-state index in [1.807, 2.05) is 4.90 Å². The van der Waals surface area contributed by atoms with Gasteiger partial charge < -0.3 is 10.2 Å². The number of nitrogens with one attached hydrogen (secondary N) is 1. The van der Waals surface area contributed by atoms with Crippen LogP contribution in [0.1, 0.15) is 19.8 Å². The average molecular weight is 363 g/mol. The third-order valence-corrected chi connectivity index (χ3v) is 5.61. The first kappa shape index (κ1) is 15.5. The minimum atomic E-state index is -2.91. The number of anilines is 2. The highest BCUT2D eigenvalue weighted by atomic mass is 79.9. The fraction of sp³-hybridized carbons (Fsp3) is 0.667. The topological polar surface area (TPSA) is 75.2 Å². The van der Waals surface area contributed by atoms with Gasteiger partial charge in [-0.25, -0.2) is 18.4 Å². The van der Waals surface area contributed by atoms with E-state index >= 15 is 0 Å². The van der Waals surface area contributed by atoms with Gasteiger partial charge in [0.25, 0.3) is 0 Å². The molecule has 1 saturated heterocycles. The average Bonchev–Trinajstić information content (AvgIpc) is 2.59. The van der Waals surface area contributed by atoms with Crippen LogP contribution in [0.2, 0.25) is 0 Å². The molecular weight excluding hydrogens is 344 g/mol. The molecule has 0 amide bonds. The minimum Gasteiger partial charge on any atom is -0.369 e. The number of hydrogen-bond acceptors (Lipinski definition) is 6. The highest BCUT2D eigenvalue weighted by Gasteiger charge is 2.22. The first-order valence-electron chi connectivity index (χ1n) is 6.73. The number of hydrogen-bond donors (Lipinski definition) is 1. The Hall–Kier alpha value is -0.890. The van der Waals surface area contributed by atoms with E-state index in [0.29, 0.717) is 19.5 Å². The lowest BCUT2D eigenvalue weighted by molar-refractivity contribution is 0.597. The zero-order valence-electron chi connectivity index (χ0n) is 11.5. The lowest BCUT2D eigenvalue weighted by Gasteiger charge is -2.22. The first-order chi connectivity index (χ1) is 9.53. The van der Waals surface area contributed by atoms with Gasteiger partial charge in [0.2, 0.25) is 0 Å². The van der Waals surface area contributed by atoms with Gasteiger partial charge in [-0.1, -0.05) is 6.92 Å². The SMILES string of the molecule is CCCNc1ncnc(N2CCCS(=O)(=O)CC2)c1Br. The van der Waals surface area contributed by atoms with Gasteiger partial charge in [-0.05, 0) is 28.8 Å². The van der Waals surface area contributed by atoms with E-state index in [4.69, 9.17) is 0 Å². The quantitative estimate of drug-likeness (QED) is 0.878. The number of rotatable bonds is 4. The number of nitrogens with zero attached hydrogens (tertiary/aromatic N) is 3. The van der Waals surface area contributed by atoms with E-state index in [0.717, 1.165) is 29.1 Å². The number of aromatic nitrogens is 2. The second-order valence-corrected chi connectivity index (χ2v) is 7.88. The molecule has 2 heterocycles. The summed E-state index contributed by atoms with van der Waals surface area (Å²) in [4.78, 5) is 10.5. The second-order valence-electron chi connectivity index (χ2n) is 4.78. The zero-order valence-corrected chi connectivity index (χ0v) is 13.9. The Morgan fingerprint density at radius 2 is 2.15 bits per heavy atom. The molecule has 2 rings (SSSR count). The molecule has 0 unspecified atom stereocenters. The van der Waals surface area contributed by atoms with Crippen molar-refractivity contribution in [3.05, 3.63) is 10.8 Å². The maximum absolute atomic E-state index is 11.7. The summed E-state index contributed by atoms with van der Waals surface area (Å²) in [6.07, 6.45) is 3.15. The molecule has 0 aliphatic carbocycles. The van der Waals surface area contributed by atoms with Crippen LogP contribution in [0.5, 0.6) is 0 Å². The second kappa shape index (κ2) is 6.71. The van der Waals surface area contributed by atoms with E-state index in [9.17, 15) is 8.42 Å². The van der Waals surface area contributed by atoms with Gasteiger partial charge in [-0.2, -0.15) is 0 Å². The Balaban J connectivity index is 2.19. The summed E-state index contributed by atoms with van der Waals surface area (Å²) in [5.74, 6) is 1.95. The van der Waals surface area contributed by atoms with E-state index in [2.05, 4.69) is 38.1 Å². The molecule has 0 atom stereocenters. The van der Waals surface area contributed by atoms with Crippen LogP contribution in [0.4, 0.5) is 11.6 Å². The molecule has 1 aliphatic rings. The van der Waals surface area contributed by atoms with Crippen LogP contribution in [0.25, 0.3) is 0 Å². The van der Waals surface area contributed by atoms with Crippen molar-refractivity contribution in [3.8, 4) is 0 Å². The normalized spacial score (nSPS) is 18.6. The molecule has 6 nitrogen and oxygen atoms in total. The van der Waals surface area contributed by atoms with E-state index in [1.54, 1.807) is 0 Å². The summed E-state index contributed by atoms with van der Waals surface area (Å²) in [5.41, 5.74) is 0. The Morgan fingerprint density at radius 3 is 2.90 bits per heavy atom. The highest BCUT2D eigenvalue weighted by Crippen LogP contribution is 2.30. The molecule has 0 spiro atoms. The maximum atomic E-state index is 11.7. The van der Waals surface area contributed by atoms with Gasteiger partial charge >= 0.3 is 0 Å². The molecule has 1 fully saturated rings. The number of sulfone groups is 1. The summed E-state index contributed by atoms with van der Waals surface area (Å²) in [5, 5.41) is 3.23. The van der Waals surface area contributed by atoms with Crippen molar-refractivity contribution in [3.63, 3.8) is 0 Å². The van der Waals surface area contributed by atoms with Crippen molar-refractivity contribution in [2.45, 2.75) is 19.8 Å². The Labute approximate surface area is 128 Å². The van der Waals surface area contributed by atoms with E-state index < -0.39 is 9.84 Å². The van der Waals surface area contributed by atoms with Gasteiger partial charge in [0.1, 0.15) is 22.4 Å². The predicted octanol–water partition coefficient (Wildman–Crippen LogP) is 1.69.